The van der Waals surface area contributed by atoms with Crippen LogP contribution < -0.4 is 5.32 Å². The van der Waals surface area contributed by atoms with E-state index in [4.69, 9.17) is 4.74 Å². The Balaban J connectivity index is 1.27. The van der Waals surface area contributed by atoms with E-state index in [2.05, 4.69) is 22.3 Å². The van der Waals surface area contributed by atoms with Gasteiger partial charge in [-0.25, -0.2) is 0 Å². The highest BCUT2D eigenvalue weighted by Crippen LogP contribution is 2.16. The lowest BCUT2D eigenvalue weighted by Crippen LogP contribution is -2.37. The van der Waals surface area contributed by atoms with Crippen molar-refractivity contribution >= 4 is 17.5 Å². The van der Waals surface area contributed by atoms with Crippen LogP contribution in [-0.2, 0) is 22.5 Å². The predicted octanol–water partition coefficient (Wildman–Crippen LogP) is 2.94. The summed E-state index contributed by atoms with van der Waals surface area (Å²) < 4.78 is 5.38. The first-order valence-corrected chi connectivity index (χ1v) is 10.7. The second-order valence-corrected chi connectivity index (χ2v) is 7.97. The average molecular weight is 408 g/mol. The zero-order valence-electron chi connectivity index (χ0n) is 17.3. The molecule has 2 fully saturated rings. The number of hydrogen-bond donors (Lipinski definition) is 1. The van der Waals surface area contributed by atoms with Crippen molar-refractivity contribution in [1.29, 1.82) is 0 Å². The van der Waals surface area contributed by atoms with E-state index < -0.39 is 0 Å². The molecule has 2 aliphatic heterocycles. The van der Waals surface area contributed by atoms with E-state index in [9.17, 15) is 9.59 Å². The number of hydrogen-bond acceptors (Lipinski definition) is 4. The van der Waals surface area contributed by atoms with E-state index in [-0.39, 0.29) is 11.8 Å². The van der Waals surface area contributed by atoms with E-state index in [1.54, 1.807) is 0 Å². The average Bonchev–Trinajstić information content (AvgIpc) is 3.19. The molecule has 2 aromatic rings. The van der Waals surface area contributed by atoms with Crippen LogP contribution in [0.25, 0.3) is 0 Å². The number of carbonyl (C=O) groups is 2. The van der Waals surface area contributed by atoms with Gasteiger partial charge in [-0.1, -0.05) is 24.3 Å². The van der Waals surface area contributed by atoms with Crippen molar-refractivity contribution < 1.29 is 14.3 Å². The maximum atomic E-state index is 12.5. The van der Waals surface area contributed by atoms with Crippen molar-refractivity contribution in [3.8, 4) is 0 Å². The molecule has 0 bridgehead atoms. The molecule has 0 saturated carbocycles. The van der Waals surface area contributed by atoms with Gasteiger partial charge in [0, 0.05) is 50.4 Å². The molecule has 158 valence electrons. The smallest absolute Gasteiger partial charge is 0.255 e. The minimum absolute atomic E-state index is 0.125. The minimum atomic E-state index is -0.125. The van der Waals surface area contributed by atoms with Gasteiger partial charge in [-0.15, -0.1) is 0 Å². The highest BCUT2D eigenvalue weighted by atomic mass is 16.5. The molecule has 2 heterocycles. The Labute approximate surface area is 177 Å². The summed E-state index contributed by atoms with van der Waals surface area (Å²) in [6.07, 6.45) is 2.58. The van der Waals surface area contributed by atoms with Crippen molar-refractivity contribution in [3.63, 3.8) is 0 Å². The number of rotatable bonds is 7. The monoisotopic (exact) mass is 407 g/mol. The normalized spacial score (nSPS) is 17.3. The number of carbonyl (C=O) groups excluding carboxylic acids is 2. The molecular formula is C24H29N3O3. The molecule has 0 radical (unpaired) electrons. The number of amides is 2. The Morgan fingerprint density at radius 1 is 0.933 bits per heavy atom. The van der Waals surface area contributed by atoms with Crippen LogP contribution in [0.3, 0.4) is 0 Å². The lowest BCUT2D eigenvalue weighted by Gasteiger charge is -2.26. The molecule has 2 saturated heterocycles. The number of nitrogens with one attached hydrogen (secondary N) is 1. The molecule has 6 heteroatoms. The van der Waals surface area contributed by atoms with Gasteiger partial charge in [0.1, 0.15) is 0 Å². The third-order valence-electron chi connectivity index (χ3n) is 5.79. The van der Waals surface area contributed by atoms with Gasteiger partial charge in [0.05, 0.1) is 13.2 Å². The molecule has 30 heavy (non-hydrogen) atoms. The summed E-state index contributed by atoms with van der Waals surface area (Å²) in [5, 5.41) is 2.96. The molecule has 0 spiro atoms. The van der Waals surface area contributed by atoms with Crippen LogP contribution in [0.1, 0.15) is 34.3 Å². The maximum absolute atomic E-state index is 12.5. The predicted molar refractivity (Wildman–Crippen MR) is 116 cm³/mol. The third kappa shape index (κ3) is 5.46. The molecule has 1 N–H and O–H groups in total. The summed E-state index contributed by atoms with van der Waals surface area (Å²) in [5.41, 5.74) is 3.72. The zero-order valence-corrected chi connectivity index (χ0v) is 17.3. The highest BCUT2D eigenvalue weighted by Gasteiger charge is 2.20. The van der Waals surface area contributed by atoms with Crippen LogP contribution in [-0.4, -0.2) is 61.0 Å². The van der Waals surface area contributed by atoms with E-state index >= 15 is 0 Å². The topological polar surface area (TPSA) is 61.9 Å². The lowest BCUT2D eigenvalue weighted by molar-refractivity contribution is -0.128. The molecule has 0 aromatic heterocycles. The van der Waals surface area contributed by atoms with Gasteiger partial charge in [-0.05, 0) is 48.2 Å². The largest absolute Gasteiger partial charge is 0.379 e. The van der Waals surface area contributed by atoms with Gasteiger partial charge >= 0.3 is 0 Å². The van der Waals surface area contributed by atoms with Crippen molar-refractivity contribution in [3.05, 3.63) is 65.2 Å². The number of nitrogens with zero attached hydrogens (tertiary/aromatic N) is 2. The summed E-state index contributed by atoms with van der Waals surface area (Å²) in [6, 6.07) is 15.6. The second-order valence-electron chi connectivity index (χ2n) is 7.97. The number of likely N-dealkylation sites (tertiary alicyclic amines) is 1. The standard InChI is InChI=1S/C24H29N3O3/c28-23-2-1-12-27(23)18-20-3-7-21(8-4-20)24(29)25-22-9-5-19(6-10-22)11-13-26-14-16-30-17-15-26/h3-10H,1-2,11-18H2,(H,25,29). The Hall–Kier alpha value is -2.70. The van der Waals surface area contributed by atoms with Crippen LogP contribution in [0.15, 0.2) is 48.5 Å². The zero-order chi connectivity index (χ0) is 20.8. The molecule has 4 rings (SSSR count). The first kappa shape index (κ1) is 20.6. The van der Waals surface area contributed by atoms with Gasteiger partial charge in [0.15, 0.2) is 0 Å². The third-order valence-corrected chi connectivity index (χ3v) is 5.79. The Morgan fingerprint density at radius 3 is 2.30 bits per heavy atom. The van der Waals surface area contributed by atoms with Crippen molar-refractivity contribution in [2.24, 2.45) is 0 Å². The molecule has 6 nitrogen and oxygen atoms in total. The fourth-order valence-electron chi connectivity index (χ4n) is 3.92. The van der Waals surface area contributed by atoms with Crippen molar-refractivity contribution in [2.45, 2.75) is 25.8 Å². The summed E-state index contributed by atoms with van der Waals surface area (Å²) >= 11 is 0. The van der Waals surface area contributed by atoms with Crippen molar-refractivity contribution in [1.82, 2.24) is 9.80 Å². The van der Waals surface area contributed by atoms with Gasteiger partial charge in [-0.3, -0.25) is 14.5 Å². The van der Waals surface area contributed by atoms with Crippen LogP contribution in [0.4, 0.5) is 5.69 Å². The van der Waals surface area contributed by atoms with Crippen LogP contribution in [0.2, 0.25) is 0 Å². The summed E-state index contributed by atoms with van der Waals surface area (Å²) in [6.45, 7) is 6.12. The molecule has 0 atom stereocenters. The number of anilines is 1. The summed E-state index contributed by atoms with van der Waals surface area (Å²) in [5.74, 6) is 0.0880. The number of ether oxygens (including phenoxy) is 1. The number of morpholine rings is 1. The quantitative estimate of drug-likeness (QED) is 0.767. The summed E-state index contributed by atoms with van der Waals surface area (Å²) in [7, 11) is 0. The first-order valence-electron chi connectivity index (χ1n) is 10.7. The molecular weight excluding hydrogens is 378 g/mol. The fourth-order valence-corrected chi connectivity index (χ4v) is 3.92. The molecule has 2 aromatic carbocycles. The van der Waals surface area contributed by atoms with Gasteiger partial charge < -0.3 is 15.0 Å². The Kier molecular flexibility index (Phi) is 6.77. The van der Waals surface area contributed by atoms with Crippen molar-refractivity contribution in [2.75, 3.05) is 44.7 Å². The fraction of sp³-hybridized carbons (Fsp3) is 0.417. The SMILES string of the molecule is O=C(Nc1ccc(CCN2CCOCC2)cc1)c1ccc(CN2CCCC2=O)cc1. The van der Waals surface area contributed by atoms with E-state index in [0.717, 1.165) is 63.5 Å². The van der Waals surface area contributed by atoms with Gasteiger partial charge in [-0.2, -0.15) is 0 Å². The highest BCUT2D eigenvalue weighted by molar-refractivity contribution is 6.04. The van der Waals surface area contributed by atoms with E-state index in [0.29, 0.717) is 18.5 Å². The maximum Gasteiger partial charge on any atom is 0.255 e. The Bertz CT molecular complexity index is 858. The minimum Gasteiger partial charge on any atom is -0.379 e. The Morgan fingerprint density at radius 2 is 1.63 bits per heavy atom. The second kappa shape index (κ2) is 9.87. The van der Waals surface area contributed by atoms with Crippen LogP contribution in [0.5, 0.6) is 0 Å². The van der Waals surface area contributed by atoms with Crippen LogP contribution in [0, 0.1) is 0 Å². The van der Waals surface area contributed by atoms with Crippen LogP contribution >= 0.6 is 0 Å². The molecule has 0 aliphatic carbocycles. The van der Waals surface area contributed by atoms with Gasteiger partial charge in [0.25, 0.3) is 5.91 Å². The lowest BCUT2D eigenvalue weighted by atomic mass is 10.1. The van der Waals surface area contributed by atoms with Gasteiger partial charge in [0.2, 0.25) is 5.91 Å². The molecule has 2 aliphatic rings. The number of benzene rings is 2. The van der Waals surface area contributed by atoms with E-state index in [1.807, 2.05) is 41.3 Å². The first-order chi connectivity index (χ1) is 14.7. The molecule has 2 amide bonds. The van der Waals surface area contributed by atoms with E-state index in [1.165, 1.54) is 5.56 Å². The summed E-state index contributed by atoms with van der Waals surface area (Å²) in [4.78, 5) is 28.6. The molecule has 0 unspecified atom stereocenters.